The lowest BCUT2D eigenvalue weighted by Crippen LogP contribution is -2.21. The molecule has 2 aromatic heterocycles. The number of thiophene rings is 1. The minimum Gasteiger partial charge on any atom is -0.306 e. The Morgan fingerprint density at radius 1 is 1.47 bits per heavy atom. The number of hydrogen-bond acceptors (Lipinski definition) is 3. The molecule has 0 radical (unpaired) electrons. The lowest BCUT2D eigenvalue weighted by atomic mass is 10.1. The van der Waals surface area contributed by atoms with Crippen LogP contribution in [0.3, 0.4) is 0 Å². The first-order valence-corrected chi connectivity index (χ1v) is 7.27. The molecule has 2 heterocycles. The number of pyridine rings is 1. The van der Waals surface area contributed by atoms with Crippen LogP contribution in [0.5, 0.6) is 0 Å². The standard InChI is InChI=1S/C13H15BrN2S/c1-3-16-12(13-9(2)4-5-17-13)10-6-11(14)8-15-7-10/h4-8,12,16H,3H2,1-2H3. The van der Waals surface area contributed by atoms with Crippen molar-refractivity contribution in [1.29, 1.82) is 0 Å². The third-order valence-electron chi connectivity index (χ3n) is 2.63. The Kier molecular flexibility index (Phi) is 4.31. The lowest BCUT2D eigenvalue weighted by molar-refractivity contribution is 0.635. The van der Waals surface area contributed by atoms with Gasteiger partial charge in [0.05, 0.1) is 6.04 Å². The number of nitrogens with one attached hydrogen (secondary N) is 1. The van der Waals surface area contributed by atoms with E-state index in [0.717, 1.165) is 11.0 Å². The zero-order valence-corrected chi connectivity index (χ0v) is 12.3. The monoisotopic (exact) mass is 310 g/mol. The van der Waals surface area contributed by atoms with Gasteiger partial charge in [0, 0.05) is 21.7 Å². The second-order valence-corrected chi connectivity index (χ2v) is 5.76. The van der Waals surface area contributed by atoms with Gasteiger partial charge in [-0.25, -0.2) is 0 Å². The zero-order valence-electron chi connectivity index (χ0n) is 9.90. The molecule has 0 aromatic carbocycles. The van der Waals surface area contributed by atoms with Gasteiger partial charge >= 0.3 is 0 Å². The van der Waals surface area contributed by atoms with E-state index in [-0.39, 0.29) is 6.04 Å². The Hall–Kier alpha value is -0.710. The first-order valence-electron chi connectivity index (χ1n) is 5.60. The number of nitrogens with zero attached hydrogens (tertiary/aromatic N) is 1. The highest BCUT2D eigenvalue weighted by Gasteiger charge is 2.16. The van der Waals surface area contributed by atoms with Gasteiger partial charge in [0.25, 0.3) is 0 Å². The predicted octanol–water partition coefficient (Wildman–Crippen LogP) is 3.91. The lowest BCUT2D eigenvalue weighted by Gasteiger charge is -2.18. The van der Waals surface area contributed by atoms with Crippen molar-refractivity contribution >= 4 is 27.3 Å². The molecule has 2 rings (SSSR count). The SMILES string of the molecule is CCNC(c1cncc(Br)c1)c1sccc1C. The average molecular weight is 311 g/mol. The van der Waals surface area contributed by atoms with Crippen LogP contribution in [0.25, 0.3) is 0 Å². The minimum absolute atomic E-state index is 0.241. The van der Waals surface area contributed by atoms with E-state index in [1.807, 2.05) is 12.4 Å². The van der Waals surface area contributed by atoms with Crippen molar-refractivity contribution in [2.24, 2.45) is 0 Å². The van der Waals surface area contributed by atoms with Gasteiger partial charge in [-0.2, -0.15) is 0 Å². The van der Waals surface area contributed by atoms with Gasteiger partial charge in [-0.05, 0) is 58.0 Å². The molecular weight excluding hydrogens is 296 g/mol. The molecule has 0 saturated carbocycles. The molecule has 0 aliphatic rings. The highest BCUT2D eigenvalue weighted by molar-refractivity contribution is 9.10. The van der Waals surface area contributed by atoms with Crippen LogP contribution in [0.1, 0.15) is 29.0 Å². The van der Waals surface area contributed by atoms with Crippen molar-refractivity contribution in [1.82, 2.24) is 10.3 Å². The number of hydrogen-bond donors (Lipinski definition) is 1. The topological polar surface area (TPSA) is 24.9 Å². The van der Waals surface area contributed by atoms with Crippen LogP contribution in [-0.4, -0.2) is 11.5 Å². The Balaban J connectivity index is 2.39. The van der Waals surface area contributed by atoms with Crippen LogP contribution >= 0.6 is 27.3 Å². The molecule has 1 N–H and O–H groups in total. The van der Waals surface area contributed by atoms with Crippen molar-refractivity contribution < 1.29 is 0 Å². The second-order valence-electron chi connectivity index (χ2n) is 3.90. The molecular formula is C13H15BrN2S. The van der Waals surface area contributed by atoms with E-state index < -0.39 is 0 Å². The quantitative estimate of drug-likeness (QED) is 0.926. The maximum atomic E-state index is 4.24. The summed E-state index contributed by atoms with van der Waals surface area (Å²) >= 11 is 5.27. The first kappa shape index (κ1) is 12.7. The molecule has 2 aromatic rings. The van der Waals surface area contributed by atoms with Gasteiger partial charge < -0.3 is 5.32 Å². The highest BCUT2D eigenvalue weighted by Crippen LogP contribution is 2.29. The summed E-state index contributed by atoms with van der Waals surface area (Å²) in [5.41, 5.74) is 2.53. The molecule has 90 valence electrons. The van der Waals surface area contributed by atoms with Crippen molar-refractivity contribution in [3.63, 3.8) is 0 Å². The zero-order chi connectivity index (χ0) is 12.3. The second kappa shape index (κ2) is 5.76. The molecule has 2 nitrogen and oxygen atoms in total. The van der Waals surface area contributed by atoms with E-state index in [0.29, 0.717) is 0 Å². The molecule has 0 bridgehead atoms. The Morgan fingerprint density at radius 2 is 2.29 bits per heavy atom. The van der Waals surface area contributed by atoms with E-state index in [1.54, 1.807) is 11.3 Å². The van der Waals surface area contributed by atoms with Crippen molar-refractivity contribution in [2.45, 2.75) is 19.9 Å². The molecule has 0 aliphatic heterocycles. The van der Waals surface area contributed by atoms with Crippen LogP contribution in [-0.2, 0) is 0 Å². The molecule has 17 heavy (non-hydrogen) atoms. The van der Waals surface area contributed by atoms with Gasteiger partial charge in [-0.15, -0.1) is 11.3 Å². The van der Waals surface area contributed by atoms with E-state index in [1.165, 1.54) is 16.0 Å². The van der Waals surface area contributed by atoms with Crippen LogP contribution in [0, 0.1) is 6.92 Å². The smallest absolute Gasteiger partial charge is 0.0689 e. The minimum atomic E-state index is 0.241. The van der Waals surface area contributed by atoms with E-state index >= 15 is 0 Å². The largest absolute Gasteiger partial charge is 0.306 e. The van der Waals surface area contributed by atoms with Gasteiger partial charge in [0.15, 0.2) is 0 Å². The average Bonchev–Trinajstić information content (AvgIpc) is 2.72. The van der Waals surface area contributed by atoms with Gasteiger partial charge in [0.2, 0.25) is 0 Å². The van der Waals surface area contributed by atoms with E-state index in [2.05, 4.69) is 57.6 Å². The van der Waals surface area contributed by atoms with E-state index in [9.17, 15) is 0 Å². The third-order valence-corrected chi connectivity index (χ3v) is 4.15. The maximum Gasteiger partial charge on any atom is 0.0689 e. The summed E-state index contributed by atoms with van der Waals surface area (Å²) in [6.07, 6.45) is 3.74. The molecule has 0 fully saturated rings. The third kappa shape index (κ3) is 2.94. The summed E-state index contributed by atoms with van der Waals surface area (Å²) in [4.78, 5) is 5.61. The molecule has 0 saturated heterocycles. The Morgan fingerprint density at radius 3 is 2.88 bits per heavy atom. The number of aryl methyl sites for hydroxylation is 1. The van der Waals surface area contributed by atoms with Gasteiger partial charge in [-0.3, -0.25) is 4.98 Å². The number of aromatic nitrogens is 1. The molecule has 0 amide bonds. The van der Waals surface area contributed by atoms with Crippen LogP contribution in [0.15, 0.2) is 34.4 Å². The fourth-order valence-corrected chi connectivity index (χ4v) is 3.24. The summed E-state index contributed by atoms with van der Waals surface area (Å²) in [5, 5.41) is 5.66. The van der Waals surface area contributed by atoms with Crippen molar-refractivity contribution in [3.8, 4) is 0 Å². The summed E-state index contributed by atoms with van der Waals surface area (Å²) < 4.78 is 1.02. The number of rotatable bonds is 4. The molecule has 0 aliphatic carbocycles. The van der Waals surface area contributed by atoms with Crippen LogP contribution in [0.2, 0.25) is 0 Å². The van der Waals surface area contributed by atoms with Crippen molar-refractivity contribution in [2.75, 3.05) is 6.54 Å². The summed E-state index contributed by atoms with van der Waals surface area (Å²) in [6.45, 7) is 5.22. The summed E-state index contributed by atoms with van der Waals surface area (Å²) in [7, 11) is 0. The van der Waals surface area contributed by atoms with Crippen molar-refractivity contribution in [3.05, 3.63) is 50.4 Å². The molecule has 0 spiro atoms. The normalized spacial score (nSPS) is 12.6. The van der Waals surface area contributed by atoms with Crippen LogP contribution < -0.4 is 5.32 Å². The molecule has 1 atom stereocenters. The Labute approximate surface area is 114 Å². The first-order chi connectivity index (χ1) is 8.22. The fourth-order valence-electron chi connectivity index (χ4n) is 1.83. The molecule has 4 heteroatoms. The fraction of sp³-hybridized carbons (Fsp3) is 0.308. The maximum absolute atomic E-state index is 4.24. The van der Waals surface area contributed by atoms with E-state index in [4.69, 9.17) is 0 Å². The number of halogens is 1. The van der Waals surface area contributed by atoms with Gasteiger partial charge in [0.1, 0.15) is 0 Å². The van der Waals surface area contributed by atoms with Crippen LogP contribution in [0.4, 0.5) is 0 Å². The summed E-state index contributed by atoms with van der Waals surface area (Å²) in [5.74, 6) is 0. The Bertz CT molecular complexity index is 496. The predicted molar refractivity (Wildman–Crippen MR) is 76.5 cm³/mol. The molecule has 1 unspecified atom stereocenters. The highest BCUT2D eigenvalue weighted by atomic mass is 79.9. The van der Waals surface area contributed by atoms with Gasteiger partial charge in [-0.1, -0.05) is 6.92 Å². The summed E-state index contributed by atoms with van der Waals surface area (Å²) in [6, 6.07) is 4.53.